The molecule has 0 aliphatic heterocycles. The van der Waals surface area contributed by atoms with Crippen LogP contribution in [-0.4, -0.2) is 18.9 Å². The summed E-state index contributed by atoms with van der Waals surface area (Å²) in [7, 11) is 1.56. The maximum absolute atomic E-state index is 12.2. The Bertz CT molecular complexity index is 867. The minimum atomic E-state index is -0.546. The minimum Gasteiger partial charge on any atom is -0.497 e. The van der Waals surface area contributed by atoms with E-state index in [1.807, 2.05) is 6.07 Å². The van der Waals surface area contributed by atoms with Crippen LogP contribution in [0.15, 0.2) is 60.3 Å². The van der Waals surface area contributed by atoms with Crippen LogP contribution in [0, 0.1) is 11.3 Å². The van der Waals surface area contributed by atoms with E-state index >= 15 is 0 Å². The van der Waals surface area contributed by atoms with E-state index in [0.29, 0.717) is 22.8 Å². The predicted molar refractivity (Wildman–Crippen MR) is 99.7 cm³/mol. The van der Waals surface area contributed by atoms with Gasteiger partial charge in [-0.15, -0.1) is 0 Å². The maximum Gasteiger partial charge on any atom is 0.267 e. The molecule has 0 saturated carbocycles. The summed E-state index contributed by atoms with van der Waals surface area (Å²) in [6.07, 6.45) is 1.33. The molecule has 0 atom stereocenters. The highest BCUT2D eigenvalue weighted by Crippen LogP contribution is 2.17. The van der Waals surface area contributed by atoms with Crippen LogP contribution in [-0.2, 0) is 9.59 Å². The third-order valence-electron chi connectivity index (χ3n) is 3.28. The van der Waals surface area contributed by atoms with E-state index in [1.165, 1.54) is 13.1 Å². The first-order valence-corrected chi connectivity index (χ1v) is 7.71. The molecule has 0 saturated heterocycles. The van der Waals surface area contributed by atoms with Gasteiger partial charge in [-0.25, -0.2) is 0 Å². The van der Waals surface area contributed by atoms with E-state index in [0.717, 1.165) is 0 Å². The first-order chi connectivity index (χ1) is 12.5. The number of amides is 2. The monoisotopic (exact) mass is 350 g/mol. The summed E-state index contributed by atoms with van der Waals surface area (Å²) in [6, 6.07) is 15.5. The van der Waals surface area contributed by atoms with E-state index in [4.69, 9.17) is 4.74 Å². The van der Waals surface area contributed by atoms with Crippen molar-refractivity contribution in [1.29, 1.82) is 5.26 Å². The van der Waals surface area contributed by atoms with Gasteiger partial charge in [0.1, 0.15) is 17.4 Å². The third kappa shape index (κ3) is 5.39. The molecule has 0 spiro atoms. The van der Waals surface area contributed by atoms with Gasteiger partial charge >= 0.3 is 0 Å². The number of carbonyl (C=O) groups is 2. The lowest BCUT2D eigenvalue weighted by atomic mass is 10.2. The molecule has 0 aliphatic carbocycles. The van der Waals surface area contributed by atoms with Crippen molar-refractivity contribution in [2.45, 2.75) is 6.92 Å². The number of nitriles is 1. The summed E-state index contributed by atoms with van der Waals surface area (Å²) in [5.74, 6) is -0.0686. The molecule has 26 heavy (non-hydrogen) atoms. The van der Waals surface area contributed by atoms with Gasteiger partial charge in [-0.3, -0.25) is 9.59 Å². The molecule has 0 bridgehead atoms. The Morgan fingerprint density at radius 2 is 1.69 bits per heavy atom. The van der Waals surface area contributed by atoms with Crippen LogP contribution in [0.1, 0.15) is 6.92 Å². The fraction of sp³-hybridized carbons (Fsp3) is 0.105. The smallest absolute Gasteiger partial charge is 0.267 e. The molecule has 0 fully saturated rings. The Hall–Kier alpha value is -3.79. The summed E-state index contributed by atoms with van der Waals surface area (Å²) >= 11 is 0. The van der Waals surface area contributed by atoms with Gasteiger partial charge in [0.25, 0.3) is 5.91 Å². The quantitative estimate of drug-likeness (QED) is 0.549. The van der Waals surface area contributed by atoms with Crippen LogP contribution in [0.4, 0.5) is 17.1 Å². The number of ether oxygens (including phenoxy) is 1. The number of hydrogen-bond acceptors (Lipinski definition) is 5. The lowest BCUT2D eigenvalue weighted by Crippen LogP contribution is -2.14. The van der Waals surface area contributed by atoms with Gasteiger partial charge in [-0.1, -0.05) is 6.07 Å². The second kappa shape index (κ2) is 8.89. The number of methoxy groups -OCH3 is 1. The van der Waals surface area contributed by atoms with Gasteiger partial charge in [0.05, 0.1) is 7.11 Å². The van der Waals surface area contributed by atoms with Gasteiger partial charge in [-0.2, -0.15) is 5.26 Å². The first-order valence-electron chi connectivity index (χ1n) is 7.71. The van der Waals surface area contributed by atoms with Crippen molar-refractivity contribution in [3.63, 3.8) is 0 Å². The summed E-state index contributed by atoms with van der Waals surface area (Å²) in [6.45, 7) is 1.41. The zero-order valence-electron chi connectivity index (χ0n) is 14.4. The summed E-state index contributed by atoms with van der Waals surface area (Å²) < 4.78 is 5.12. The number of benzene rings is 2. The lowest BCUT2D eigenvalue weighted by molar-refractivity contribution is -0.114. The first kappa shape index (κ1) is 18.5. The highest BCUT2D eigenvalue weighted by molar-refractivity contribution is 6.06. The second-order valence-corrected chi connectivity index (χ2v) is 5.26. The van der Waals surface area contributed by atoms with Crippen LogP contribution < -0.4 is 20.7 Å². The number of nitrogens with zero attached hydrogens (tertiary/aromatic N) is 1. The molecule has 7 nitrogen and oxygen atoms in total. The van der Waals surface area contributed by atoms with Gasteiger partial charge in [-0.05, 0) is 36.4 Å². The molecule has 0 unspecified atom stereocenters. The van der Waals surface area contributed by atoms with E-state index in [9.17, 15) is 14.9 Å². The fourth-order valence-electron chi connectivity index (χ4n) is 2.06. The van der Waals surface area contributed by atoms with Crippen LogP contribution in [0.25, 0.3) is 0 Å². The Kier molecular flexibility index (Phi) is 6.34. The fourth-order valence-corrected chi connectivity index (χ4v) is 2.06. The number of carbonyl (C=O) groups excluding carboxylic acids is 2. The standard InChI is InChI=1S/C19H18N4O3/c1-13(24)22-15-6-8-16(9-7-15)23-19(25)14(11-20)12-21-17-4-3-5-18(10-17)26-2/h3-10,12,21H,1-2H3,(H,22,24)(H,23,25)/b14-12-. The van der Waals surface area contributed by atoms with E-state index in [2.05, 4.69) is 16.0 Å². The molecule has 0 radical (unpaired) electrons. The number of anilines is 3. The zero-order valence-corrected chi connectivity index (χ0v) is 14.4. The molecular formula is C19H18N4O3. The molecule has 2 aromatic rings. The van der Waals surface area contributed by atoms with Crippen LogP contribution in [0.3, 0.4) is 0 Å². The molecule has 132 valence electrons. The average molecular weight is 350 g/mol. The van der Waals surface area contributed by atoms with E-state index in [-0.39, 0.29) is 11.5 Å². The average Bonchev–Trinajstić information content (AvgIpc) is 2.63. The highest BCUT2D eigenvalue weighted by Gasteiger charge is 2.09. The maximum atomic E-state index is 12.2. The van der Waals surface area contributed by atoms with Gasteiger partial charge in [0.15, 0.2) is 0 Å². The van der Waals surface area contributed by atoms with Crippen molar-refractivity contribution in [3.05, 3.63) is 60.3 Å². The summed E-state index contributed by atoms with van der Waals surface area (Å²) in [5, 5.41) is 17.4. The second-order valence-electron chi connectivity index (χ2n) is 5.26. The highest BCUT2D eigenvalue weighted by atomic mass is 16.5. The predicted octanol–water partition coefficient (Wildman–Crippen LogP) is 3.11. The Morgan fingerprint density at radius 1 is 1.04 bits per heavy atom. The Labute approximate surface area is 151 Å². The largest absolute Gasteiger partial charge is 0.497 e. The van der Waals surface area contributed by atoms with Crippen molar-refractivity contribution in [2.24, 2.45) is 0 Å². The molecular weight excluding hydrogens is 332 g/mol. The van der Waals surface area contributed by atoms with Crippen molar-refractivity contribution in [2.75, 3.05) is 23.1 Å². The van der Waals surface area contributed by atoms with Gasteiger partial charge < -0.3 is 20.7 Å². The normalized spacial score (nSPS) is 10.4. The molecule has 2 aromatic carbocycles. The van der Waals surface area contributed by atoms with Crippen molar-refractivity contribution < 1.29 is 14.3 Å². The molecule has 7 heteroatoms. The molecule has 0 aliphatic rings. The van der Waals surface area contributed by atoms with Crippen molar-refractivity contribution in [3.8, 4) is 11.8 Å². The zero-order chi connectivity index (χ0) is 18.9. The number of nitrogens with one attached hydrogen (secondary N) is 3. The SMILES string of the molecule is COc1cccc(N/C=C(/C#N)C(=O)Nc2ccc(NC(C)=O)cc2)c1. The molecule has 0 heterocycles. The van der Waals surface area contributed by atoms with E-state index in [1.54, 1.807) is 55.6 Å². The Morgan fingerprint density at radius 3 is 2.27 bits per heavy atom. The van der Waals surface area contributed by atoms with Crippen LogP contribution in [0.2, 0.25) is 0 Å². The third-order valence-corrected chi connectivity index (χ3v) is 3.28. The number of hydrogen-bond donors (Lipinski definition) is 3. The minimum absolute atomic E-state index is 0.0845. The van der Waals surface area contributed by atoms with Crippen LogP contribution >= 0.6 is 0 Å². The van der Waals surface area contributed by atoms with Crippen molar-refractivity contribution >= 4 is 28.9 Å². The topological polar surface area (TPSA) is 103 Å². The summed E-state index contributed by atoms with van der Waals surface area (Å²) in [4.78, 5) is 23.2. The number of rotatable bonds is 6. The lowest BCUT2D eigenvalue weighted by Gasteiger charge is -2.07. The molecule has 2 rings (SSSR count). The van der Waals surface area contributed by atoms with E-state index < -0.39 is 5.91 Å². The molecule has 3 N–H and O–H groups in total. The van der Waals surface area contributed by atoms with Crippen LogP contribution in [0.5, 0.6) is 5.75 Å². The van der Waals surface area contributed by atoms with Gasteiger partial charge in [0.2, 0.25) is 5.91 Å². The molecule has 2 amide bonds. The van der Waals surface area contributed by atoms with Crippen molar-refractivity contribution in [1.82, 2.24) is 0 Å². The Balaban J connectivity index is 2.03. The molecule has 0 aromatic heterocycles. The van der Waals surface area contributed by atoms with Gasteiger partial charge in [0, 0.05) is 36.3 Å². The summed E-state index contributed by atoms with van der Waals surface area (Å²) in [5.41, 5.74) is 1.72.